The van der Waals surface area contributed by atoms with Gasteiger partial charge in [0.25, 0.3) is 0 Å². The summed E-state index contributed by atoms with van der Waals surface area (Å²) in [5, 5.41) is 18.2. The highest BCUT2D eigenvalue weighted by Gasteiger charge is 2.02. The quantitative estimate of drug-likeness (QED) is 0.563. The molecule has 0 saturated heterocycles. The summed E-state index contributed by atoms with van der Waals surface area (Å²) in [5.41, 5.74) is 1.47. The van der Waals surface area contributed by atoms with E-state index in [9.17, 15) is 0 Å². The third-order valence-corrected chi connectivity index (χ3v) is 1.73. The zero-order valence-electron chi connectivity index (χ0n) is 6.05. The lowest BCUT2D eigenvalue weighted by atomic mass is 10.1. The van der Waals surface area contributed by atoms with Gasteiger partial charge in [-0.05, 0) is 37.1 Å². The van der Waals surface area contributed by atoms with Gasteiger partial charge in [0.2, 0.25) is 0 Å². The average Bonchev–Trinajstić information content (AvgIpc) is 1.93. The van der Waals surface area contributed by atoms with Crippen LogP contribution >= 0.6 is 0 Å². The molecule has 1 aromatic rings. The molecule has 0 bridgehead atoms. The Bertz CT molecular complexity index is 227. The average molecular weight is 154 g/mol. The van der Waals surface area contributed by atoms with E-state index in [2.05, 4.69) is 0 Å². The van der Waals surface area contributed by atoms with E-state index in [-0.39, 0.29) is 18.9 Å². The molecule has 0 spiro atoms. The van der Waals surface area contributed by atoms with Crippen LogP contribution in [0.4, 0.5) is 0 Å². The number of hydrogen-bond acceptors (Lipinski definition) is 2. The van der Waals surface area contributed by atoms with Crippen LogP contribution in [-0.2, 0) is 0 Å². The van der Waals surface area contributed by atoms with Gasteiger partial charge < -0.3 is 10.2 Å². The number of hydrogen-bond donors (Lipinski definition) is 2. The molecule has 0 unspecified atom stereocenters. The summed E-state index contributed by atoms with van der Waals surface area (Å²) < 4.78 is 0. The minimum absolute atomic E-state index is 0. The van der Waals surface area contributed by atoms with Gasteiger partial charge in [-0.3, -0.25) is 0 Å². The molecular weight excluding hydrogens is 140 g/mol. The van der Waals surface area contributed by atoms with Crippen LogP contribution in [0.5, 0.6) is 11.5 Å². The fourth-order valence-electron chi connectivity index (χ4n) is 0.792. The van der Waals surface area contributed by atoms with Gasteiger partial charge in [0, 0.05) is 0 Å². The second-order valence-electron chi connectivity index (χ2n) is 2.35. The fourth-order valence-corrected chi connectivity index (χ4v) is 0.792. The molecule has 0 radical (unpaired) electrons. The molecule has 2 heteroatoms. The third-order valence-electron chi connectivity index (χ3n) is 1.73. The molecule has 2 N–H and O–H groups in total. The first-order valence-electron chi connectivity index (χ1n) is 3.11. The van der Waals surface area contributed by atoms with Gasteiger partial charge in [0.05, 0.1) is 0 Å². The van der Waals surface area contributed by atoms with Crippen molar-refractivity contribution in [1.82, 2.24) is 0 Å². The smallest absolute Gasteiger partial charge is 0.119 e. The Morgan fingerprint density at radius 1 is 0.909 bits per heavy atom. The highest BCUT2D eigenvalue weighted by molar-refractivity contribution is 5.45. The van der Waals surface area contributed by atoms with E-state index in [4.69, 9.17) is 10.2 Å². The standard InChI is InChI=1S/C8H10O2.CH4/c1-5-6(2)8(10)4-3-7(5)9;/h3-4,9-10H,1-2H3;1H4. The van der Waals surface area contributed by atoms with Crippen LogP contribution in [-0.4, -0.2) is 10.2 Å². The molecule has 62 valence electrons. The van der Waals surface area contributed by atoms with Gasteiger partial charge in [-0.25, -0.2) is 0 Å². The van der Waals surface area contributed by atoms with Gasteiger partial charge in [0.1, 0.15) is 11.5 Å². The zero-order chi connectivity index (χ0) is 7.72. The van der Waals surface area contributed by atoms with Crippen LogP contribution in [0.2, 0.25) is 0 Å². The minimum Gasteiger partial charge on any atom is -0.508 e. The highest BCUT2D eigenvalue weighted by atomic mass is 16.3. The molecule has 0 heterocycles. The van der Waals surface area contributed by atoms with Crippen LogP contribution in [0.25, 0.3) is 0 Å². The van der Waals surface area contributed by atoms with Gasteiger partial charge in [0.15, 0.2) is 0 Å². The molecule has 0 amide bonds. The molecule has 0 aliphatic rings. The van der Waals surface area contributed by atoms with Crippen LogP contribution in [0, 0.1) is 13.8 Å². The van der Waals surface area contributed by atoms with Gasteiger partial charge in [-0.1, -0.05) is 7.43 Å². The first-order valence-corrected chi connectivity index (χ1v) is 3.11. The van der Waals surface area contributed by atoms with Crippen molar-refractivity contribution in [2.24, 2.45) is 0 Å². The Morgan fingerprint density at radius 2 is 1.18 bits per heavy atom. The predicted molar refractivity (Wildman–Crippen MR) is 46.0 cm³/mol. The third kappa shape index (κ3) is 1.64. The van der Waals surface area contributed by atoms with Crippen LogP contribution in [0.3, 0.4) is 0 Å². The van der Waals surface area contributed by atoms with Crippen molar-refractivity contribution in [3.05, 3.63) is 23.3 Å². The lowest BCUT2D eigenvalue weighted by Gasteiger charge is -2.03. The Labute approximate surface area is 67.1 Å². The van der Waals surface area contributed by atoms with Crippen molar-refractivity contribution in [3.63, 3.8) is 0 Å². The monoisotopic (exact) mass is 154 g/mol. The lowest BCUT2D eigenvalue weighted by molar-refractivity contribution is 0.453. The SMILES string of the molecule is C.Cc1c(O)ccc(O)c1C. The Hall–Kier alpha value is -1.18. The molecular formula is C9H14O2. The summed E-state index contributed by atoms with van der Waals surface area (Å²) in [5.74, 6) is 0.464. The summed E-state index contributed by atoms with van der Waals surface area (Å²) in [6.07, 6.45) is 0. The van der Waals surface area contributed by atoms with Gasteiger partial charge in [-0.2, -0.15) is 0 Å². The second kappa shape index (κ2) is 3.28. The summed E-state index contributed by atoms with van der Waals surface area (Å²) in [6, 6.07) is 2.97. The van der Waals surface area contributed by atoms with Crippen molar-refractivity contribution < 1.29 is 10.2 Å². The maximum Gasteiger partial charge on any atom is 0.119 e. The number of phenolic OH excluding ortho intramolecular Hbond substituents is 2. The molecule has 0 aliphatic carbocycles. The van der Waals surface area contributed by atoms with E-state index in [0.29, 0.717) is 0 Å². The maximum atomic E-state index is 9.11. The summed E-state index contributed by atoms with van der Waals surface area (Å²) in [7, 11) is 0. The van der Waals surface area contributed by atoms with Crippen molar-refractivity contribution in [3.8, 4) is 11.5 Å². The molecule has 0 fully saturated rings. The largest absolute Gasteiger partial charge is 0.508 e. The molecule has 0 atom stereocenters. The second-order valence-corrected chi connectivity index (χ2v) is 2.35. The van der Waals surface area contributed by atoms with Crippen LogP contribution in [0.1, 0.15) is 18.6 Å². The molecule has 0 saturated carbocycles. The topological polar surface area (TPSA) is 40.5 Å². The molecule has 0 aliphatic heterocycles. The first-order chi connectivity index (χ1) is 4.63. The van der Waals surface area contributed by atoms with E-state index >= 15 is 0 Å². The molecule has 2 nitrogen and oxygen atoms in total. The van der Waals surface area contributed by atoms with E-state index in [1.54, 1.807) is 13.8 Å². The van der Waals surface area contributed by atoms with Crippen LogP contribution < -0.4 is 0 Å². The number of rotatable bonds is 0. The number of aromatic hydroxyl groups is 2. The van der Waals surface area contributed by atoms with E-state index in [0.717, 1.165) is 11.1 Å². The maximum absolute atomic E-state index is 9.11. The summed E-state index contributed by atoms with van der Waals surface area (Å²) >= 11 is 0. The van der Waals surface area contributed by atoms with E-state index in [1.807, 2.05) is 0 Å². The normalized spacial score (nSPS) is 8.91. The molecule has 11 heavy (non-hydrogen) atoms. The van der Waals surface area contributed by atoms with Crippen LogP contribution in [0.15, 0.2) is 12.1 Å². The fraction of sp³-hybridized carbons (Fsp3) is 0.333. The highest BCUT2D eigenvalue weighted by Crippen LogP contribution is 2.26. The van der Waals surface area contributed by atoms with Crippen molar-refractivity contribution >= 4 is 0 Å². The summed E-state index contributed by atoms with van der Waals surface area (Å²) in [6.45, 7) is 3.54. The van der Waals surface area contributed by atoms with Gasteiger partial charge >= 0.3 is 0 Å². The molecule has 1 rings (SSSR count). The number of benzene rings is 1. The van der Waals surface area contributed by atoms with Gasteiger partial charge in [-0.15, -0.1) is 0 Å². The zero-order valence-corrected chi connectivity index (χ0v) is 6.05. The first kappa shape index (κ1) is 9.82. The van der Waals surface area contributed by atoms with E-state index < -0.39 is 0 Å². The Morgan fingerprint density at radius 3 is 1.45 bits per heavy atom. The minimum atomic E-state index is 0. The lowest BCUT2D eigenvalue weighted by Crippen LogP contribution is -1.81. The van der Waals surface area contributed by atoms with Crippen molar-refractivity contribution in [2.75, 3.05) is 0 Å². The van der Waals surface area contributed by atoms with Crippen molar-refractivity contribution in [2.45, 2.75) is 21.3 Å². The Kier molecular flexibility index (Phi) is 2.93. The van der Waals surface area contributed by atoms with E-state index in [1.165, 1.54) is 12.1 Å². The predicted octanol–water partition coefficient (Wildman–Crippen LogP) is 2.35. The summed E-state index contributed by atoms with van der Waals surface area (Å²) in [4.78, 5) is 0. The molecule has 0 aromatic heterocycles. The van der Waals surface area contributed by atoms with Crippen molar-refractivity contribution in [1.29, 1.82) is 0 Å². The Balaban J connectivity index is 0.000001000. The number of phenols is 2. The molecule has 1 aromatic carbocycles.